The quantitative estimate of drug-likeness (QED) is 0.798. The minimum atomic E-state index is -0.590. The molecule has 1 N–H and O–H groups in total. The Bertz CT molecular complexity index is 913. The second kappa shape index (κ2) is 6.04. The molecule has 1 aromatic carbocycles. The Morgan fingerprint density at radius 3 is 3.12 bits per heavy atom. The van der Waals surface area contributed by atoms with Crippen LogP contribution in [0, 0.1) is 0 Å². The van der Waals surface area contributed by atoms with Crippen LogP contribution in [0.1, 0.15) is 5.56 Å². The van der Waals surface area contributed by atoms with E-state index < -0.39 is 6.09 Å². The van der Waals surface area contributed by atoms with Gasteiger partial charge < -0.3 is 19.5 Å². The second-order valence-corrected chi connectivity index (χ2v) is 5.11. The molecule has 0 saturated heterocycles. The molecule has 1 amide bonds. The summed E-state index contributed by atoms with van der Waals surface area (Å²) >= 11 is 0. The Balaban J connectivity index is 1.42. The van der Waals surface area contributed by atoms with Crippen molar-refractivity contribution in [3.05, 3.63) is 54.4 Å². The van der Waals surface area contributed by atoms with Gasteiger partial charge in [-0.05, 0) is 18.2 Å². The minimum Gasteiger partial charge on any atom is -0.454 e. The largest absolute Gasteiger partial charge is 0.454 e. The van der Waals surface area contributed by atoms with E-state index in [9.17, 15) is 4.79 Å². The summed E-state index contributed by atoms with van der Waals surface area (Å²) in [5, 5.41) is 3.55. The van der Waals surface area contributed by atoms with Crippen LogP contribution in [0.5, 0.6) is 17.4 Å². The Morgan fingerprint density at radius 2 is 2.17 bits per heavy atom. The molecule has 4 rings (SSSR count). The van der Waals surface area contributed by atoms with E-state index in [0.29, 0.717) is 17.0 Å². The molecule has 0 atom stereocenters. The fourth-order valence-corrected chi connectivity index (χ4v) is 2.43. The van der Waals surface area contributed by atoms with E-state index in [1.807, 2.05) is 18.2 Å². The van der Waals surface area contributed by atoms with Crippen LogP contribution in [0.3, 0.4) is 0 Å². The number of aromatic nitrogens is 2. The van der Waals surface area contributed by atoms with Gasteiger partial charge in [-0.25, -0.2) is 9.78 Å². The zero-order chi connectivity index (χ0) is 16.4. The summed E-state index contributed by atoms with van der Waals surface area (Å²) in [4.78, 5) is 20.2. The lowest BCUT2D eigenvalue weighted by Crippen LogP contribution is -2.26. The fourth-order valence-electron chi connectivity index (χ4n) is 2.43. The molecule has 2 aromatic heterocycles. The van der Waals surface area contributed by atoms with Gasteiger partial charge in [0, 0.05) is 36.0 Å². The number of benzene rings is 1. The van der Waals surface area contributed by atoms with Gasteiger partial charge in [-0.15, -0.1) is 0 Å². The molecule has 0 fully saturated rings. The first kappa shape index (κ1) is 14.3. The number of nitrogens with zero attached hydrogens (tertiary/aromatic N) is 2. The smallest absolute Gasteiger partial charge is 0.414 e. The lowest BCUT2D eigenvalue weighted by atomic mass is 10.2. The standard InChI is InChI=1S/C17H13N3O4/c21-17(19-9-12-2-1-3-14-16(12)23-10-22-14)24-15-5-4-11-8-18-7-6-13(11)20-15/h1-8H,9-10H2,(H,19,21). The van der Waals surface area contributed by atoms with Crippen molar-refractivity contribution in [3.8, 4) is 17.4 Å². The lowest BCUT2D eigenvalue weighted by molar-refractivity contribution is 0.173. The van der Waals surface area contributed by atoms with Gasteiger partial charge in [0.1, 0.15) is 0 Å². The third-order valence-electron chi connectivity index (χ3n) is 3.56. The van der Waals surface area contributed by atoms with Gasteiger partial charge in [0.25, 0.3) is 0 Å². The monoisotopic (exact) mass is 323 g/mol. The molecule has 1 aliphatic heterocycles. The van der Waals surface area contributed by atoms with Gasteiger partial charge in [-0.1, -0.05) is 12.1 Å². The number of nitrogens with one attached hydrogen (secondary N) is 1. The number of hydrogen-bond donors (Lipinski definition) is 1. The molecule has 0 unspecified atom stereocenters. The number of fused-ring (bicyclic) bond motifs is 2. The van der Waals surface area contributed by atoms with Crippen LogP contribution in [-0.2, 0) is 6.54 Å². The van der Waals surface area contributed by atoms with Gasteiger partial charge >= 0.3 is 6.09 Å². The molecule has 0 bridgehead atoms. The molecule has 0 aliphatic carbocycles. The lowest BCUT2D eigenvalue weighted by Gasteiger charge is -2.08. The van der Waals surface area contributed by atoms with E-state index in [-0.39, 0.29) is 19.2 Å². The van der Waals surface area contributed by atoms with Crippen molar-refractivity contribution in [1.82, 2.24) is 15.3 Å². The molecular formula is C17H13N3O4. The van der Waals surface area contributed by atoms with Crippen molar-refractivity contribution >= 4 is 17.0 Å². The molecular weight excluding hydrogens is 310 g/mol. The average Bonchev–Trinajstić information content (AvgIpc) is 3.09. The third-order valence-corrected chi connectivity index (χ3v) is 3.56. The summed E-state index contributed by atoms with van der Waals surface area (Å²) in [5.41, 5.74) is 1.53. The summed E-state index contributed by atoms with van der Waals surface area (Å²) in [5.74, 6) is 1.55. The van der Waals surface area contributed by atoms with Crippen molar-refractivity contribution < 1.29 is 19.0 Å². The van der Waals surface area contributed by atoms with Crippen molar-refractivity contribution in [3.63, 3.8) is 0 Å². The Morgan fingerprint density at radius 1 is 1.21 bits per heavy atom. The number of hydrogen-bond acceptors (Lipinski definition) is 6. The molecule has 120 valence electrons. The van der Waals surface area contributed by atoms with Crippen molar-refractivity contribution in [2.24, 2.45) is 0 Å². The van der Waals surface area contributed by atoms with E-state index in [2.05, 4.69) is 15.3 Å². The maximum Gasteiger partial charge on any atom is 0.414 e. The highest BCUT2D eigenvalue weighted by atomic mass is 16.7. The van der Waals surface area contributed by atoms with Gasteiger partial charge in [-0.2, -0.15) is 0 Å². The zero-order valence-corrected chi connectivity index (χ0v) is 12.6. The van der Waals surface area contributed by atoms with Gasteiger partial charge in [-0.3, -0.25) is 4.98 Å². The molecule has 24 heavy (non-hydrogen) atoms. The van der Waals surface area contributed by atoms with Gasteiger partial charge in [0.15, 0.2) is 11.5 Å². The Kier molecular flexibility index (Phi) is 3.59. The maximum atomic E-state index is 12.0. The number of ether oxygens (including phenoxy) is 3. The first-order valence-corrected chi connectivity index (χ1v) is 7.33. The second-order valence-electron chi connectivity index (χ2n) is 5.11. The van der Waals surface area contributed by atoms with Gasteiger partial charge in [0.2, 0.25) is 12.7 Å². The summed E-state index contributed by atoms with van der Waals surface area (Å²) in [7, 11) is 0. The third kappa shape index (κ3) is 2.79. The normalized spacial score (nSPS) is 12.2. The Labute approximate surface area is 137 Å². The fraction of sp³-hybridized carbons (Fsp3) is 0.118. The number of pyridine rings is 2. The number of carbonyl (C=O) groups is 1. The topological polar surface area (TPSA) is 82.6 Å². The van der Waals surface area contributed by atoms with Gasteiger partial charge in [0.05, 0.1) is 5.52 Å². The number of para-hydroxylation sites is 1. The molecule has 7 heteroatoms. The number of amides is 1. The predicted octanol–water partition coefficient (Wildman–Crippen LogP) is 2.65. The molecule has 7 nitrogen and oxygen atoms in total. The summed E-state index contributed by atoms with van der Waals surface area (Å²) in [6.07, 6.45) is 2.74. The Hall–Kier alpha value is -3.35. The molecule has 1 aliphatic rings. The molecule has 0 radical (unpaired) electrons. The van der Waals surface area contributed by atoms with E-state index in [1.54, 1.807) is 30.6 Å². The molecule has 3 heterocycles. The number of carbonyl (C=O) groups excluding carboxylic acids is 1. The summed E-state index contributed by atoms with van der Waals surface area (Å²) < 4.78 is 15.9. The van der Waals surface area contributed by atoms with E-state index in [1.165, 1.54) is 0 Å². The minimum absolute atomic E-state index is 0.187. The van der Waals surface area contributed by atoms with Crippen molar-refractivity contribution in [2.75, 3.05) is 6.79 Å². The SMILES string of the molecule is O=C(NCc1cccc2c1OCO2)Oc1ccc2cnccc2n1. The van der Waals surface area contributed by atoms with Crippen LogP contribution in [0.25, 0.3) is 10.9 Å². The molecule has 3 aromatic rings. The first-order chi connectivity index (χ1) is 11.8. The van der Waals surface area contributed by atoms with Crippen molar-refractivity contribution in [2.45, 2.75) is 6.54 Å². The maximum absolute atomic E-state index is 12.0. The van der Waals surface area contributed by atoms with Crippen LogP contribution < -0.4 is 19.5 Å². The average molecular weight is 323 g/mol. The van der Waals surface area contributed by atoms with E-state index in [0.717, 1.165) is 10.9 Å². The highest BCUT2D eigenvalue weighted by Crippen LogP contribution is 2.35. The van der Waals surface area contributed by atoms with E-state index >= 15 is 0 Å². The predicted molar refractivity (Wildman–Crippen MR) is 85.0 cm³/mol. The van der Waals surface area contributed by atoms with Crippen LogP contribution >= 0.6 is 0 Å². The van der Waals surface area contributed by atoms with Crippen LogP contribution in [0.4, 0.5) is 4.79 Å². The summed E-state index contributed by atoms with van der Waals surface area (Å²) in [6.45, 7) is 0.454. The van der Waals surface area contributed by atoms with Crippen LogP contribution in [-0.4, -0.2) is 22.9 Å². The highest BCUT2D eigenvalue weighted by molar-refractivity contribution is 5.78. The van der Waals surface area contributed by atoms with Crippen LogP contribution in [0.2, 0.25) is 0 Å². The van der Waals surface area contributed by atoms with E-state index in [4.69, 9.17) is 14.2 Å². The molecule has 0 spiro atoms. The van der Waals surface area contributed by atoms with Crippen LogP contribution in [0.15, 0.2) is 48.8 Å². The summed E-state index contributed by atoms with van der Waals surface area (Å²) in [6, 6.07) is 10.7. The first-order valence-electron chi connectivity index (χ1n) is 7.33. The number of rotatable bonds is 3. The molecule has 0 saturated carbocycles. The zero-order valence-electron chi connectivity index (χ0n) is 12.6. The highest BCUT2D eigenvalue weighted by Gasteiger charge is 2.17. The van der Waals surface area contributed by atoms with Crippen molar-refractivity contribution in [1.29, 1.82) is 0 Å².